The summed E-state index contributed by atoms with van der Waals surface area (Å²) >= 11 is 0. The molecule has 1 aromatic heterocycles. The second kappa shape index (κ2) is 7.75. The minimum atomic E-state index is 0.0913. The monoisotopic (exact) mass is 391 g/mol. The number of piperazine rings is 1. The number of nitrogens with zero attached hydrogens (tertiary/aromatic N) is 5. The van der Waals surface area contributed by atoms with Gasteiger partial charge in [0.2, 0.25) is 0 Å². The second-order valence-corrected chi connectivity index (χ2v) is 8.58. The molecule has 1 saturated heterocycles. The van der Waals surface area contributed by atoms with Crippen molar-refractivity contribution in [2.24, 2.45) is 0 Å². The summed E-state index contributed by atoms with van der Waals surface area (Å²) in [4.78, 5) is 29.1. The highest BCUT2D eigenvalue weighted by atomic mass is 16.2. The van der Waals surface area contributed by atoms with Gasteiger partial charge in [-0.1, -0.05) is 24.1 Å². The molecule has 1 aromatic carbocycles. The maximum Gasteiger partial charge on any atom is 0.254 e. The molecule has 2 fully saturated rings. The van der Waals surface area contributed by atoms with Crippen molar-refractivity contribution in [1.82, 2.24) is 19.8 Å². The van der Waals surface area contributed by atoms with Crippen molar-refractivity contribution in [3.8, 4) is 0 Å². The molecule has 1 aliphatic carbocycles. The van der Waals surface area contributed by atoms with E-state index < -0.39 is 0 Å². The van der Waals surface area contributed by atoms with Crippen molar-refractivity contribution >= 4 is 11.7 Å². The van der Waals surface area contributed by atoms with E-state index in [1.165, 1.54) is 24.8 Å². The van der Waals surface area contributed by atoms with E-state index in [-0.39, 0.29) is 5.91 Å². The smallest absolute Gasteiger partial charge is 0.254 e. The van der Waals surface area contributed by atoms with Gasteiger partial charge in [0.25, 0.3) is 5.91 Å². The molecule has 3 heterocycles. The highest BCUT2D eigenvalue weighted by Gasteiger charge is 2.31. The Balaban J connectivity index is 1.30. The largest absolute Gasteiger partial charge is 0.354 e. The third kappa shape index (κ3) is 3.62. The fourth-order valence-electron chi connectivity index (χ4n) is 4.79. The molecule has 3 aliphatic rings. The number of rotatable bonds is 3. The van der Waals surface area contributed by atoms with E-state index in [0.29, 0.717) is 6.54 Å². The van der Waals surface area contributed by atoms with E-state index in [1.807, 2.05) is 36.1 Å². The van der Waals surface area contributed by atoms with Gasteiger partial charge >= 0.3 is 0 Å². The zero-order valence-corrected chi connectivity index (χ0v) is 17.2. The average molecular weight is 392 g/mol. The number of carbonyl (C=O) groups is 1. The van der Waals surface area contributed by atoms with Crippen LogP contribution in [0.15, 0.2) is 30.6 Å². The maximum absolute atomic E-state index is 12.9. The molecule has 0 spiro atoms. The number of aryl methyl sites for hydroxylation is 1. The molecule has 0 N–H and O–H groups in total. The number of carbonyl (C=O) groups excluding carboxylic acids is 1. The zero-order chi connectivity index (χ0) is 19.8. The Morgan fingerprint density at radius 1 is 1.07 bits per heavy atom. The first-order valence-electron chi connectivity index (χ1n) is 10.9. The molecule has 5 rings (SSSR count). The molecular formula is C23H29N5O. The normalized spacial score (nSPS) is 20.3. The molecule has 0 radical (unpaired) electrons. The van der Waals surface area contributed by atoms with Gasteiger partial charge in [-0.15, -0.1) is 0 Å². The van der Waals surface area contributed by atoms with Crippen LogP contribution in [0.4, 0.5) is 5.82 Å². The van der Waals surface area contributed by atoms with Crippen LogP contribution in [0.5, 0.6) is 0 Å². The Hall–Kier alpha value is -2.47. The van der Waals surface area contributed by atoms with Crippen molar-refractivity contribution in [2.45, 2.75) is 45.2 Å². The van der Waals surface area contributed by atoms with Crippen LogP contribution in [0.1, 0.15) is 46.4 Å². The zero-order valence-electron chi connectivity index (χ0n) is 17.2. The molecule has 152 valence electrons. The van der Waals surface area contributed by atoms with Crippen molar-refractivity contribution in [3.63, 3.8) is 0 Å². The van der Waals surface area contributed by atoms with Gasteiger partial charge in [-0.25, -0.2) is 9.97 Å². The van der Waals surface area contributed by atoms with Crippen LogP contribution in [0.25, 0.3) is 0 Å². The first-order chi connectivity index (χ1) is 14.2. The summed E-state index contributed by atoms with van der Waals surface area (Å²) in [7, 11) is 0. The van der Waals surface area contributed by atoms with Gasteiger partial charge in [0, 0.05) is 49.9 Å². The molecule has 0 unspecified atom stereocenters. The number of hydrogen-bond acceptors (Lipinski definition) is 5. The highest BCUT2D eigenvalue weighted by Crippen LogP contribution is 2.29. The van der Waals surface area contributed by atoms with E-state index in [2.05, 4.69) is 19.8 Å². The molecule has 0 atom stereocenters. The van der Waals surface area contributed by atoms with Crippen LogP contribution in [-0.4, -0.2) is 64.4 Å². The molecule has 2 aliphatic heterocycles. The minimum absolute atomic E-state index is 0.0913. The lowest BCUT2D eigenvalue weighted by molar-refractivity contribution is 0.0731. The Morgan fingerprint density at radius 3 is 2.62 bits per heavy atom. The summed E-state index contributed by atoms with van der Waals surface area (Å²) in [6, 6.07) is 8.65. The predicted molar refractivity (Wildman–Crippen MR) is 113 cm³/mol. The van der Waals surface area contributed by atoms with Crippen LogP contribution < -0.4 is 4.90 Å². The molecule has 6 heteroatoms. The average Bonchev–Trinajstić information content (AvgIpc) is 2.72. The topological polar surface area (TPSA) is 52.6 Å². The van der Waals surface area contributed by atoms with Crippen LogP contribution in [0.3, 0.4) is 0 Å². The summed E-state index contributed by atoms with van der Waals surface area (Å²) < 4.78 is 0. The van der Waals surface area contributed by atoms with Crippen LogP contribution >= 0.6 is 0 Å². The van der Waals surface area contributed by atoms with Gasteiger partial charge in [0.15, 0.2) is 0 Å². The van der Waals surface area contributed by atoms with Crippen LogP contribution in [-0.2, 0) is 13.0 Å². The fourth-order valence-corrected chi connectivity index (χ4v) is 4.79. The molecule has 6 nitrogen and oxygen atoms in total. The fraction of sp³-hybridized carbons (Fsp3) is 0.522. The molecule has 1 amide bonds. The standard InChI is InChI=1S/C23H29N5O/c1-17-4-2-5-18(14-17)23(29)28-9-8-20-21(15-28)24-16-25-22(20)27-12-10-26(11-13-27)19-6-3-7-19/h2,4-5,14,16,19H,3,6-13,15H2,1H3. The number of aromatic nitrogens is 2. The minimum Gasteiger partial charge on any atom is -0.354 e. The Labute approximate surface area is 172 Å². The number of fused-ring (bicyclic) bond motifs is 1. The summed E-state index contributed by atoms with van der Waals surface area (Å²) in [5.74, 6) is 1.18. The summed E-state index contributed by atoms with van der Waals surface area (Å²) in [6.45, 7) is 7.63. The molecule has 1 saturated carbocycles. The van der Waals surface area contributed by atoms with Crippen LogP contribution in [0, 0.1) is 6.92 Å². The second-order valence-electron chi connectivity index (χ2n) is 8.58. The summed E-state index contributed by atoms with van der Waals surface area (Å²) in [5, 5.41) is 0. The van der Waals surface area contributed by atoms with Crippen molar-refractivity contribution < 1.29 is 4.79 Å². The lowest BCUT2D eigenvalue weighted by Gasteiger charge is -2.43. The molecular weight excluding hydrogens is 362 g/mol. The molecule has 29 heavy (non-hydrogen) atoms. The third-order valence-corrected chi connectivity index (χ3v) is 6.74. The lowest BCUT2D eigenvalue weighted by Crippen LogP contribution is -2.52. The van der Waals surface area contributed by atoms with Gasteiger partial charge in [0.1, 0.15) is 12.1 Å². The van der Waals surface area contributed by atoms with Gasteiger partial charge in [-0.3, -0.25) is 9.69 Å². The number of amides is 1. The number of anilines is 1. The molecule has 2 aromatic rings. The SMILES string of the molecule is Cc1cccc(C(=O)N2CCc3c(ncnc3N3CCN(C4CCC4)CC3)C2)c1. The maximum atomic E-state index is 12.9. The Morgan fingerprint density at radius 2 is 1.90 bits per heavy atom. The predicted octanol–water partition coefficient (Wildman–Crippen LogP) is 2.66. The van der Waals surface area contributed by atoms with Gasteiger partial charge in [0.05, 0.1) is 12.2 Å². The number of hydrogen-bond donors (Lipinski definition) is 0. The van der Waals surface area contributed by atoms with Crippen molar-refractivity contribution in [1.29, 1.82) is 0 Å². The number of benzene rings is 1. The molecule has 0 bridgehead atoms. The van der Waals surface area contributed by atoms with Gasteiger partial charge in [-0.2, -0.15) is 0 Å². The van der Waals surface area contributed by atoms with E-state index in [4.69, 9.17) is 0 Å². The van der Waals surface area contributed by atoms with E-state index in [9.17, 15) is 4.79 Å². The van der Waals surface area contributed by atoms with Crippen LogP contribution in [0.2, 0.25) is 0 Å². The lowest BCUT2D eigenvalue weighted by atomic mass is 9.91. The third-order valence-electron chi connectivity index (χ3n) is 6.74. The van der Waals surface area contributed by atoms with E-state index >= 15 is 0 Å². The first kappa shape index (κ1) is 18.6. The highest BCUT2D eigenvalue weighted by molar-refractivity contribution is 5.94. The van der Waals surface area contributed by atoms with Crippen molar-refractivity contribution in [3.05, 3.63) is 53.0 Å². The summed E-state index contributed by atoms with van der Waals surface area (Å²) in [6.07, 6.45) is 6.63. The quantitative estimate of drug-likeness (QED) is 0.805. The van der Waals surface area contributed by atoms with Crippen molar-refractivity contribution in [2.75, 3.05) is 37.6 Å². The van der Waals surface area contributed by atoms with Gasteiger partial charge < -0.3 is 9.80 Å². The Kier molecular flexibility index (Phi) is 4.96. The van der Waals surface area contributed by atoms with Gasteiger partial charge in [-0.05, 0) is 38.3 Å². The Bertz CT molecular complexity index is 902. The van der Waals surface area contributed by atoms with E-state index in [0.717, 1.165) is 67.8 Å². The summed E-state index contributed by atoms with van der Waals surface area (Å²) in [5.41, 5.74) is 4.11. The first-order valence-corrected chi connectivity index (χ1v) is 10.9. The van der Waals surface area contributed by atoms with E-state index in [1.54, 1.807) is 6.33 Å².